The highest BCUT2D eigenvalue weighted by Crippen LogP contribution is 2.34. The fourth-order valence-corrected chi connectivity index (χ4v) is 3.44. The van der Waals surface area contributed by atoms with E-state index in [4.69, 9.17) is 9.26 Å². The molecule has 0 bridgehead atoms. The summed E-state index contributed by atoms with van der Waals surface area (Å²) in [6.07, 6.45) is 4.83. The SMILES string of the molecule is Cc1cnc(C(=O)N2C[C@@H]3C[C@@H](Cc4nc(C)no4)O[C@@H]3C2)cn1. The van der Waals surface area contributed by atoms with Crippen molar-refractivity contribution in [2.75, 3.05) is 13.1 Å². The number of amides is 1. The molecule has 0 spiro atoms. The van der Waals surface area contributed by atoms with Gasteiger partial charge in [0.05, 0.1) is 30.5 Å². The molecule has 3 atom stereocenters. The Morgan fingerprint density at radius 1 is 1.29 bits per heavy atom. The summed E-state index contributed by atoms with van der Waals surface area (Å²) in [5.41, 5.74) is 1.19. The molecule has 0 N–H and O–H groups in total. The smallest absolute Gasteiger partial charge is 0.274 e. The van der Waals surface area contributed by atoms with Gasteiger partial charge < -0.3 is 14.2 Å². The number of fused-ring (bicyclic) bond motifs is 1. The lowest BCUT2D eigenvalue weighted by molar-refractivity contribution is 0.0329. The number of carbonyl (C=O) groups excluding carboxylic acids is 1. The molecule has 0 aromatic carbocycles. The Morgan fingerprint density at radius 2 is 2.17 bits per heavy atom. The van der Waals surface area contributed by atoms with E-state index in [-0.39, 0.29) is 18.1 Å². The third kappa shape index (κ3) is 2.89. The predicted octanol–water partition coefficient (Wildman–Crippen LogP) is 0.949. The van der Waals surface area contributed by atoms with Crippen LogP contribution in [0.15, 0.2) is 16.9 Å². The van der Waals surface area contributed by atoms with Crippen molar-refractivity contribution in [3.8, 4) is 0 Å². The number of hydrogen-bond donors (Lipinski definition) is 0. The van der Waals surface area contributed by atoms with Crippen LogP contribution in [0.5, 0.6) is 0 Å². The minimum absolute atomic E-state index is 0.0707. The van der Waals surface area contributed by atoms with Crippen LogP contribution in [0.1, 0.15) is 34.3 Å². The number of ether oxygens (including phenoxy) is 1. The summed E-state index contributed by atoms with van der Waals surface area (Å²) >= 11 is 0. The lowest BCUT2D eigenvalue weighted by atomic mass is 10.0. The van der Waals surface area contributed by atoms with Crippen molar-refractivity contribution >= 4 is 5.91 Å². The van der Waals surface area contributed by atoms with Gasteiger partial charge in [0.2, 0.25) is 5.89 Å². The van der Waals surface area contributed by atoms with Crippen LogP contribution < -0.4 is 0 Å². The number of carbonyl (C=O) groups is 1. The molecular weight excluding hydrogens is 310 g/mol. The summed E-state index contributed by atoms with van der Waals surface area (Å²) in [6, 6.07) is 0. The first-order valence-corrected chi connectivity index (χ1v) is 8.11. The first-order valence-electron chi connectivity index (χ1n) is 8.11. The highest BCUT2D eigenvalue weighted by molar-refractivity contribution is 5.92. The molecule has 0 saturated carbocycles. The second kappa shape index (κ2) is 5.94. The van der Waals surface area contributed by atoms with Crippen LogP contribution in [0.2, 0.25) is 0 Å². The molecule has 2 saturated heterocycles. The van der Waals surface area contributed by atoms with Gasteiger partial charge in [-0.3, -0.25) is 9.78 Å². The molecule has 8 heteroatoms. The lowest BCUT2D eigenvalue weighted by Gasteiger charge is -2.18. The quantitative estimate of drug-likeness (QED) is 0.827. The Kier molecular flexibility index (Phi) is 3.76. The average molecular weight is 329 g/mol. The molecule has 4 heterocycles. The monoisotopic (exact) mass is 329 g/mol. The standard InChI is InChI=1S/C16H19N5O3/c1-9-5-18-13(6-17-9)16(22)21-7-11-3-12(23-14(11)8-21)4-15-19-10(2)20-24-15/h5-6,11-12,14H,3-4,7-8H2,1-2H3/t11-,12-,14+/m0/s1. The van der Waals surface area contributed by atoms with Crippen molar-refractivity contribution in [2.24, 2.45) is 5.92 Å². The van der Waals surface area contributed by atoms with Crippen LogP contribution in [0.4, 0.5) is 0 Å². The summed E-state index contributed by atoms with van der Waals surface area (Å²) in [4.78, 5) is 26.8. The molecule has 0 radical (unpaired) electrons. The molecule has 0 aliphatic carbocycles. The Hall–Kier alpha value is -2.35. The van der Waals surface area contributed by atoms with E-state index in [1.165, 1.54) is 6.20 Å². The van der Waals surface area contributed by atoms with E-state index in [1.807, 2.05) is 11.8 Å². The maximum absolute atomic E-state index is 12.5. The highest BCUT2D eigenvalue weighted by Gasteiger charge is 2.44. The van der Waals surface area contributed by atoms with Crippen molar-refractivity contribution in [1.82, 2.24) is 25.0 Å². The summed E-state index contributed by atoms with van der Waals surface area (Å²) in [5.74, 6) is 1.52. The van der Waals surface area contributed by atoms with Crippen molar-refractivity contribution in [1.29, 1.82) is 0 Å². The number of likely N-dealkylation sites (tertiary alicyclic amines) is 1. The Labute approximate surface area is 139 Å². The topological polar surface area (TPSA) is 94.2 Å². The number of hydrogen-bond acceptors (Lipinski definition) is 7. The largest absolute Gasteiger partial charge is 0.372 e. The second-order valence-corrected chi connectivity index (χ2v) is 6.48. The normalized spacial score (nSPS) is 25.9. The molecule has 2 aliphatic heterocycles. The molecule has 24 heavy (non-hydrogen) atoms. The molecule has 0 unspecified atom stereocenters. The van der Waals surface area contributed by atoms with Crippen molar-refractivity contribution in [3.63, 3.8) is 0 Å². The molecule has 2 fully saturated rings. The van der Waals surface area contributed by atoms with Gasteiger partial charge in [-0.1, -0.05) is 5.16 Å². The van der Waals surface area contributed by atoms with Gasteiger partial charge in [-0.15, -0.1) is 0 Å². The first kappa shape index (κ1) is 15.2. The van der Waals surface area contributed by atoms with Gasteiger partial charge in [-0.2, -0.15) is 4.98 Å². The van der Waals surface area contributed by atoms with Gasteiger partial charge in [0.15, 0.2) is 5.82 Å². The van der Waals surface area contributed by atoms with E-state index in [1.54, 1.807) is 13.1 Å². The van der Waals surface area contributed by atoms with Gasteiger partial charge in [0, 0.05) is 25.2 Å². The van der Waals surface area contributed by atoms with Gasteiger partial charge >= 0.3 is 0 Å². The summed E-state index contributed by atoms with van der Waals surface area (Å²) < 4.78 is 11.2. The summed E-state index contributed by atoms with van der Waals surface area (Å²) in [7, 11) is 0. The third-order valence-corrected chi connectivity index (χ3v) is 4.57. The van der Waals surface area contributed by atoms with E-state index in [0.29, 0.717) is 42.8 Å². The second-order valence-electron chi connectivity index (χ2n) is 6.48. The van der Waals surface area contributed by atoms with Gasteiger partial charge in [-0.05, 0) is 20.3 Å². The fourth-order valence-electron chi connectivity index (χ4n) is 3.44. The van der Waals surface area contributed by atoms with Crippen LogP contribution in [-0.2, 0) is 11.2 Å². The molecule has 2 aromatic heterocycles. The van der Waals surface area contributed by atoms with E-state index >= 15 is 0 Å². The maximum Gasteiger partial charge on any atom is 0.274 e. The van der Waals surface area contributed by atoms with Crippen LogP contribution >= 0.6 is 0 Å². The molecular formula is C16H19N5O3. The number of aryl methyl sites for hydroxylation is 2. The molecule has 2 aromatic rings. The summed E-state index contributed by atoms with van der Waals surface area (Å²) in [5, 5.41) is 3.80. The summed E-state index contributed by atoms with van der Waals surface area (Å²) in [6.45, 7) is 4.94. The first-order chi connectivity index (χ1) is 11.6. The van der Waals surface area contributed by atoms with Crippen LogP contribution in [-0.4, -0.2) is 56.2 Å². The van der Waals surface area contributed by atoms with Crippen LogP contribution in [0.3, 0.4) is 0 Å². The fraction of sp³-hybridized carbons (Fsp3) is 0.562. The zero-order valence-corrected chi connectivity index (χ0v) is 13.7. The van der Waals surface area contributed by atoms with Gasteiger partial charge in [-0.25, -0.2) is 4.98 Å². The van der Waals surface area contributed by atoms with Crippen molar-refractivity contribution in [2.45, 2.75) is 38.9 Å². The van der Waals surface area contributed by atoms with Gasteiger partial charge in [0.1, 0.15) is 5.69 Å². The zero-order chi connectivity index (χ0) is 16.7. The Morgan fingerprint density at radius 3 is 2.83 bits per heavy atom. The van der Waals surface area contributed by atoms with Gasteiger partial charge in [0.25, 0.3) is 5.91 Å². The Balaban J connectivity index is 1.35. The number of rotatable bonds is 3. The highest BCUT2D eigenvalue weighted by atomic mass is 16.5. The van der Waals surface area contributed by atoms with Crippen LogP contribution in [0, 0.1) is 19.8 Å². The molecule has 8 nitrogen and oxygen atoms in total. The van der Waals surface area contributed by atoms with Crippen molar-refractivity contribution < 1.29 is 14.1 Å². The van der Waals surface area contributed by atoms with Crippen molar-refractivity contribution in [3.05, 3.63) is 35.5 Å². The maximum atomic E-state index is 12.5. The van der Waals surface area contributed by atoms with Crippen LogP contribution in [0.25, 0.3) is 0 Å². The molecule has 4 rings (SSSR count). The van der Waals surface area contributed by atoms with E-state index in [0.717, 1.165) is 12.1 Å². The molecule has 1 amide bonds. The third-order valence-electron chi connectivity index (χ3n) is 4.57. The minimum Gasteiger partial charge on any atom is -0.372 e. The molecule has 2 aliphatic rings. The molecule has 126 valence electrons. The minimum atomic E-state index is -0.0791. The average Bonchev–Trinajstić information content (AvgIpc) is 3.22. The van der Waals surface area contributed by atoms with E-state index in [9.17, 15) is 4.79 Å². The number of nitrogens with zero attached hydrogens (tertiary/aromatic N) is 5. The Bertz CT molecular complexity index is 730. The van der Waals surface area contributed by atoms with E-state index < -0.39 is 0 Å². The zero-order valence-electron chi connectivity index (χ0n) is 13.7. The number of aromatic nitrogens is 4. The van der Waals surface area contributed by atoms with E-state index in [2.05, 4.69) is 20.1 Å². The lowest BCUT2D eigenvalue weighted by Crippen LogP contribution is -2.32. The predicted molar refractivity (Wildman–Crippen MR) is 82.2 cm³/mol.